The summed E-state index contributed by atoms with van der Waals surface area (Å²) in [6.45, 7) is 2.53. The van der Waals surface area contributed by atoms with E-state index in [1.165, 1.54) is 4.88 Å². The van der Waals surface area contributed by atoms with Gasteiger partial charge >= 0.3 is 0 Å². The number of fused-ring (bicyclic) bond motifs is 1. The topological polar surface area (TPSA) is 58.6 Å². The average molecular weight is 370 g/mol. The fourth-order valence-corrected chi connectivity index (χ4v) is 4.72. The van der Waals surface area contributed by atoms with Gasteiger partial charge in [-0.25, -0.2) is 0 Å². The first-order valence-electron chi connectivity index (χ1n) is 9.05. The Balaban J connectivity index is 1.43. The molecule has 1 aromatic heterocycles. The third-order valence-corrected chi connectivity index (χ3v) is 6.23. The molecule has 2 amide bonds. The van der Waals surface area contributed by atoms with Gasteiger partial charge < -0.3 is 15.0 Å². The normalized spacial score (nSPS) is 19.7. The Hall–Kier alpha value is -2.18. The summed E-state index contributed by atoms with van der Waals surface area (Å²) in [4.78, 5) is 29.2. The molecule has 0 saturated carbocycles. The summed E-state index contributed by atoms with van der Waals surface area (Å²) < 4.78 is 5.32. The Bertz CT molecular complexity index is 797. The first-order chi connectivity index (χ1) is 12.7. The van der Waals surface area contributed by atoms with E-state index in [1.54, 1.807) is 11.3 Å². The van der Waals surface area contributed by atoms with Crippen LogP contribution in [0, 0.1) is 5.92 Å². The van der Waals surface area contributed by atoms with E-state index < -0.39 is 0 Å². The maximum atomic E-state index is 12.7. The maximum absolute atomic E-state index is 12.7. The molecular weight excluding hydrogens is 348 g/mol. The van der Waals surface area contributed by atoms with Crippen LogP contribution in [0.3, 0.4) is 0 Å². The van der Waals surface area contributed by atoms with Crippen LogP contribution in [0.4, 0.5) is 5.69 Å². The number of carbonyl (C=O) groups excluding carboxylic acids is 2. The quantitative estimate of drug-likeness (QED) is 0.904. The zero-order valence-corrected chi connectivity index (χ0v) is 15.4. The van der Waals surface area contributed by atoms with E-state index in [0.29, 0.717) is 32.7 Å². The molecule has 1 saturated heterocycles. The van der Waals surface area contributed by atoms with Gasteiger partial charge in [-0.2, -0.15) is 0 Å². The van der Waals surface area contributed by atoms with Crippen LogP contribution in [0.1, 0.15) is 26.5 Å². The van der Waals surface area contributed by atoms with E-state index in [0.717, 1.165) is 29.0 Å². The summed E-state index contributed by atoms with van der Waals surface area (Å²) in [5.74, 6) is 0.121. The van der Waals surface area contributed by atoms with Crippen molar-refractivity contribution in [3.63, 3.8) is 0 Å². The van der Waals surface area contributed by atoms with E-state index in [4.69, 9.17) is 4.74 Å². The molecule has 26 heavy (non-hydrogen) atoms. The summed E-state index contributed by atoms with van der Waals surface area (Å²) in [5, 5.41) is 3.00. The molecule has 2 aliphatic rings. The SMILES string of the molecule is O=C(Nc1ccccc1)[C@@H]1CCc2sc(C(=O)N3CCOCC3)cc2C1. The number of morpholine rings is 1. The average Bonchev–Trinajstić information content (AvgIpc) is 3.12. The van der Waals surface area contributed by atoms with Crippen molar-refractivity contribution in [3.05, 3.63) is 51.7 Å². The number of hydrogen-bond acceptors (Lipinski definition) is 4. The third kappa shape index (κ3) is 3.66. The van der Waals surface area contributed by atoms with Gasteiger partial charge in [-0.05, 0) is 43.0 Å². The third-order valence-electron chi connectivity index (χ3n) is 5.00. The van der Waals surface area contributed by atoms with E-state index in [9.17, 15) is 9.59 Å². The van der Waals surface area contributed by atoms with E-state index in [1.807, 2.05) is 41.3 Å². The van der Waals surface area contributed by atoms with Crippen molar-refractivity contribution in [3.8, 4) is 0 Å². The Morgan fingerprint density at radius 2 is 1.92 bits per heavy atom. The largest absolute Gasteiger partial charge is 0.378 e. The van der Waals surface area contributed by atoms with Crippen LogP contribution in [0.2, 0.25) is 0 Å². The predicted octanol–water partition coefficient (Wildman–Crippen LogP) is 2.96. The van der Waals surface area contributed by atoms with Crippen molar-refractivity contribution in [1.29, 1.82) is 0 Å². The van der Waals surface area contributed by atoms with Gasteiger partial charge in [-0.15, -0.1) is 11.3 Å². The van der Waals surface area contributed by atoms with Crippen LogP contribution in [0.25, 0.3) is 0 Å². The zero-order chi connectivity index (χ0) is 17.9. The molecule has 1 aliphatic heterocycles. The summed E-state index contributed by atoms with van der Waals surface area (Å²) in [6, 6.07) is 11.6. The van der Waals surface area contributed by atoms with Crippen LogP contribution in [-0.4, -0.2) is 43.0 Å². The smallest absolute Gasteiger partial charge is 0.264 e. The van der Waals surface area contributed by atoms with Crippen LogP contribution in [0.15, 0.2) is 36.4 Å². The number of carbonyl (C=O) groups is 2. The highest BCUT2D eigenvalue weighted by Gasteiger charge is 2.29. The van der Waals surface area contributed by atoms with Crippen molar-refractivity contribution >= 4 is 28.8 Å². The predicted molar refractivity (Wildman–Crippen MR) is 102 cm³/mol. The van der Waals surface area contributed by atoms with Crippen LogP contribution < -0.4 is 5.32 Å². The molecule has 5 nitrogen and oxygen atoms in total. The molecule has 0 bridgehead atoms. The second-order valence-corrected chi connectivity index (χ2v) is 7.90. The lowest BCUT2D eigenvalue weighted by atomic mass is 9.87. The molecule has 2 heterocycles. The van der Waals surface area contributed by atoms with Crippen LogP contribution in [-0.2, 0) is 22.4 Å². The molecule has 0 spiro atoms. The minimum atomic E-state index is -0.0383. The van der Waals surface area contributed by atoms with Crippen molar-refractivity contribution in [2.75, 3.05) is 31.6 Å². The number of thiophene rings is 1. The van der Waals surface area contributed by atoms with Crippen molar-refractivity contribution in [1.82, 2.24) is 4.90 Å². The second kappa shape index (κ2) is 7.60. The summed E-state index contributed by atoms with van der Waals surface area (Å²) in [5.41, 5.74) is 1.99. The Morgan fingerprint density at radius 1 is 1.15 bits per heavy atom. The number of aryl methyl sites for hydroxylation is 1. The Kier molecular flexibility index (Phi) is 5.04. The molecule has 1 N–H and O–H groups in total. The molecule has 4 rings (SSSR count). The van der Waals surface area contributed by atoms with Crippen LogP contribution in [0.5, 0.6) is 0 Å². The molecule has 6 heteroatoms. The minimum absolute atomic E-state index is 0.0383. The zero-order valence-electron chi connectivity index (χ0n) is 14.6. The van der Waals surface area contributed by atoms with Gasteiger partial charge in [0.25, 0.3) is 5.91 Å². The first kappa shape index (κ1) is 17.2. The van der Waals surface area contributed by atoms with Gasteiger partial charge in [0, 0.05) is 29.6 Å². The Morgan fingerprint density at radius 3 is 2.69 bits per heavy atom. The fraction of sp³-hybridized carbons (Fsp3) is 0.400. The molecule has 0 unspecified atom stereocenters. The summed E-state index contributed by atoms with van der Waals surface area (Å²) >= 11 is 1.59. The molecule has 1 aliphatic carbocycles. The maximum Gasteiger partial charge on any atom is 0.264 e. The molecule has 1 fully saturated rings. The molecule has 2 aromatic rings. The number of hydrogen-bond donors (Lipinski definition) is 1. The number of ether oxygens (including phenoxy) is 1. The molecular formula is C20H22N2O3S. The van der Waals surface area contributed by atoms with Gasteiger partial charge in [0.05, 0.1) is 18.1 Å². The molecule has 1 aromatic carbocycles. The first-order valence-corrected chi connectivity index (χ1v) is 9.87. The molecule has 136 valence electrons. The summed E-state index contributed by atoms with van der Waals surface area (Å²) in [7, 11) is 0. The van der Waals surface area contributed by atoms with E-state index >= 15 is 0 Å². The van der Waals surface area contributed by atoms with Gasteiger partial charge in [-0.3, -0.25) is 9.59 Å². The number of nitrogens with zero attached hydrogens (tertiary/aromatic N) is 1. The highest BCUT2D eigenvalue weighted by molar-refractivity contribution is 7.14. The highest BCUT2D eigenvalue weighted by Crippen LogP contribution is 2.33. The lowest BCUT2D eigenvalue weighted by molar-refractivity contribution is -0.120. The fourth-order valence-electron chi connectivity index (χ4n) is 3.54. The van der Waals surface area contributed by atoms with Crippen molar-refractivity contribution in [2.24, 2.45) is 5.92 Å². The Labute approximate surface area is 157 Å². The number of amides is 2. The van der Waals surface area contributed by atoms with Crippen molar-refractivity contribution in [2.45, 2.75) is 19.3 Å². The lowest BCUT2D eigenvalue weighted by Gasteiger charge is -2.26. The van der Waals surface area contributed by atoms with E-state index in [-0.39, 0.29) is 17.7 Å². The highest BCUT2D eigenvalue weighted by atomic mass is 32.1. The summed E-state index contributed by atoms with van der Waals surface area (Å²) in [6.07, 6.45) is 2.40. The standard InChI is InChI=1S/C20H22N2O3S/c23-19(21-16-4-2-1-3-5-16)14-6-7-17-15(12-14)13-18(26-17)20(24)22-8-10-25-11-9-22/h1-5,13-14H,6-12H2,(H,21,23)/t14-/m1/s1. The minimum Gasteiger partial charge on any atom is -0.378 e. The van der Waals surface area contributed by atoms with Crippen molar-refractivity contribution < 1.29 is 14.3 Å². The number of benzene rings is 1. The number of para-hydroxylation sites is 1. The van der Waals surface area contributed by atoms with Gasteiger partial charge in [-0.1, -0.05) is 18.2 Å². The second-order valence-electron chi connectivity index (χ2n) is 6.76. The number of nitrogens with one attached hydrogen (secondary N) is 1. The van der Waals surface area contributed by atoms with Gasteiger partial charge in [0.2, 0.25) is 5.91 Å². The number of rotatable bonds is 3. The lowest BCUT2D eigenvalue weighted by Crippen LogP contribution is -2.40. The van der Waals surface area contributed by atoms with Gasteiger partial charge in [0.15, 0.2) is 0 Å². The van der Waals surface area contributed by atoms with Crippen LogP contribution >= 0.6 is 11.3 Å². The van der Waals surface area contributed by atoms with E-state index in [2.05, 4.69) is 5.32 Å². The molecule has 1 atom stereocenters. The number of anilines is 1. The monoisotopic (exact) mass is 370 g/mol. The molecule has 0 radical (unpaired) electrons. The van der Waals surface area contributed by atoms with Gasteiger partial charge in [0.1, 0.15) is 0 Å².